The van der Waals surface area contributed by atoms with Crippen molar-refractivity contribution in [1.82, 2.24) is 19.7 Å². The highest BCUT2D eigenvalue weighted by atomic mass is 32.1. The van der Waals surface area contributed by atoms with E-state index in [0.717, 1.165) is 37.6 Å². The number of H-pyrrole nitrogens is 1. The molecule has 1 aromatic heterocycles. The Morgan fingerprint density at radius 2 is 1.74 bits per heavy atom. The second-order valence-corrected chi connectivity index (χ2v) is 6.23. The van der Waals surface area contributed by atoms with Gasteiger partial charge in [-0.3, -0.25) is 14.6 Å². The molecule has 2 heterocycles. The van der Waals surface area contributed by atoms with Crippen LogP contribution in [0, 0.1) is 4.77 Å². The lowest BCUT2D eigenvalue weighted by molar-refractivity contribution is 0.238. The molecule has 1 N–H and O–H groups in total. The molecule has 0 aliphatic carbocycles. The average molecular weight is 322 g/mol. The van der Waals surface area contributed by atoms with Crippen molar-refractivity contribution in [3.05, 3.63) is 76.3 Å². The zero-order chi connectivity index (χ0) is 15.6. The quantitative estimate of drug-likeness (QED) is 0.750. The van der Waals surface area contributed by atoms with Gasteiger partial charge in [-0.25, -0.2) is 0 Å². The van der Waals surface area contributed by atoms with E-state index in [1.54, 1.807) is 0 Å². The number of nitrogens with one attached hydrogen (secondary N) is 1. The van der Waals surface area contributed by atoms with Gasteiger partial charge in [-0.05, 0) is 41.9 Å². The van der Waals surface area contributed by atoms with Crippen LogP contribution >= 0.6 is 12.2 Å². The van der Waals surface area contributed by atoms with Crippen molar-refractivity contribution in [3.63, 3.8) is 0 Å². The lowest BCUT2D eigenvalue weighted by Crippen LogP contribution is -2.31. The van der Waals surface area contributed by atoms with Crippen LogP contribution in [0.1, 0.15) is 17.0 Å². The predicted molar refractivity (Wildman–Crippen MR) is 93.0 cm³/mol. The summed E-state index contributed by atoms with van der Waals surface area (Å²) in [5.41, 5.74) is 3.93. The van der Waals surface area contributed by atoms with Gasteiger partial charge in [0.05, 0.1) is 6.54 Å². The standard InChI is InChI=1S/C18H18N4S/c23-18-20-19-17(22(18)16-8-2-1-3-9-16)13-21-11-10-14-6-4-5-7-15(14)12-21/h1-9H,10-13H2,(H,20,23). The first-order valence-electron chi connectivity index (χ1n) is 7.82. The van der Waals surface area contributed by atoms with E-state index in [9.17, 15) is 0 Å². The molecule has 0 spiro atoms. The maximum Gasteiger partial charge on any atom is 0.199 e. The number of hydrogen-bond acceptors (Lipinski definition) is 3. The first-order valence-corrected chi connectivity index (χ1v) is 8.23. The molecule has 23 heavy (non-hydrogen) atoms. The van der Waals surface area contributed by atoms with Crippen molar-refractivity contribution < 1.29 is 0 Å². The van der Waals surface area contributed by atoms with E-state index < -0.39 is 0 Å². The molecule has 1 aliphatic heterocycles. The predicted octanol–water partition coefficient (Wildman–Crippen LogP) is 3.49. The molecule has 2 aromatic carbocycles. The molecule has 0 bridgehead atoms. The third-order valence-electron chi connectivity index (χ3n) is 4.33. The number of fused-ring (bicyclic) bond motifs is 1. The molecule has 3 aromatic rings. The molecule has 5 heteroatoms. The fraction of sp³-hybridized carbons (Fsp3) is 0.222. The van der Waals surface area contributed by atoms with Crippen molar-refractivity contribution in [2.24, 2.45) is 0 Å². The zero-order valence-corrected chi connectivity index (χ0v) is 13.6. The highest BCUT2D eigenvalue weighted by Gasteiger charge is 2.18. The molecule has 0 saturated heterocycles. The average Bonchev–Trinajstić information content (AvgIpc) is 2.96. The Labute approximate surface area is 140 Å². The molecule has 0 fully saturated rings. The van der Waals surface area contributed by atoms with Gasteiger partial charge in [0.25, 0.3) is 0 Å². The third-order valence-corrected chi connectivity index (χ3v) is 4.60. The van der Waals surface area contributed by atoms with E-state index in [-0.39, 0.29) is 0 Å². The Bertz CT molecular complexity index is 866. The van der Waals surface area contributed by atoms with Crippen molar-refractivity contribution >= 4 is 12.2 Å². The van der Waals surface area contributed by atoms with Crippen LogP contribution in [0.5, 0.6) is 0 Å². The minimum atomic E-state index is 0.642. The van der Waals surface area contributed by atoms with Gasteiger partial charge in [-0.15, -0.1) is 0 Å². The Balaban J connectivity index is 1.61. The van der Waals surface area contributed by atoms with Gasteiger partial charge in [-0.1, -0.05) is 42.5 Å². The topological polar surface area (TPSA) is 36.9 Å². The van der Waals surface area contributed by atoms with Crippen LogP contribution in [-0.4, -0.2) is 26.2 Å². The summed E-state index contributed by atoms with van der Waals surface area (Å²) in [4.78, 5) is 2.42. The molecule has 0 amide bonds. The zero-order valence-electron chi connectivity index (χ0n) is 12.8. The molecular weight excluding hydrogens is 304 g/mol. The summed E-state index contributed by atoms with van der Waals surface area (Å²) in [6.07, 6.45) is 1.09. The van der Waals surface area contributed by atoms with Crippen LogP contribution in [0.25, 0.3) is 5.69 Å². The second kappa shape index (κ2) is 6.10. The maximum absolute atomic E-state index is 5.41. The van der Waals surface area contributed by atoms with Crippen molar-refractivity contribution in [2.45, 2.75) is 19.5 Å². The lowest BCUT2D eigenvalue weighted by atomic mass is 10.00. The SMILES string of the molecule is S=c1[nH]nc(CN2CCc3ccccc3C2)n1-c1ccccc1. The summed E-state index contributed by atoms with van der Waals surface area (Å²) in [6, 6.07) is 18.8. The normalized spacial score (nSPS) is 14.6. The summed E-state index contributed by atoms with van der Waals surface area (Å²) >= 11 is 5.41. The number of aromatic amines is 1. The fourth-order valence-electron chi connectivity index (χ4n) is 3.17. The molecule has 1 aliphatic rings. The molecule has 4 rings (SSSR count). The van der Waals surface area contributed by atoms with E-state index in [0.29, 0.717) is 4.77 Å². The van der Waals surface area contributed by atoms with Gasteiger partial charge in [0.2, 0.25) is 0 Å². The highest BCUT2D eigenvalue weighted by Crippen LogP contribution is 2.20. The number of nitrogens with zero attached hydrogens (tertiary/aromatic N) is 3. The summed E-state index contributed by atoms with van der Waals surface area (Å²) in [5, 5.41) is 7.38. The summed E-state index contributed by atoms with van der Waals surface area (Å²) in [7, 11) is 0. The van der Waals surface area contributed by atoms with Crippen LogP contribution in [-0.2, 0) is 19.5 Å². The Hall–Kier alpha value is -2.24. The molecular formula is C18H18N4S. The highest BCUT2D eigenvalue weighted by molar-refractivity contribution is 7.71. The first kappa shape index (κ1) is 14.4. The van der Waals surface area contributed by atoms with Gasteiger partial charge in [0.1, 0.15) is 5.82 Å². The van der Waals surface area contributed by atoms with E-state index in [2.05, 4.69) is 51.5 Å². The molecule has 116 valence electrons. The third kappa shape index (κ3) is 2.85. The van der Waals surface area contributed by atoms with Crippen LogP contribution < -0.4 is 0 Å². The van der Waals surface area contributed by atoms with E-state index in [4.69, 9.17) is 12.2 Å². The number of para-hydroxylation sites is 1. The largest absolute Gasteiger partial charge is 0.291 e. The molecule has 0 saturated carbocycles. The van der Waals surface area contributed by atoms with Crippen LogP contribution in [0.4, 0.5) is 0 Å². The van der Waals surface area contributed by atoms with E-state index >= 15 is 0 Å². The van der Waals surface area contributed by atoms with E-state index in [1.165, 1.54) is 11.1 Å². The van der Waals surface area contributed by atoms with E-state index in [1.807, 2.05) is 22.8 Å². The van der Waals surface area contributed by atoms with Crippen molar-refractivity contribution in [3.8, 4) is 5.69 Å². The van der Waals surface area contributed by atoms with Crippen LogP contribution in [0.3, 0.4) is 0 Å². The molecule has 0 atom stereocenters. The second-order valence-electron chi connectivity index (χ2n) is 5.85. The van der Waals surface area contributed by atoms with Crippen molar-refractivity contribution in [2.75, 3.05) is 6.54 Å². The summed E-state index contributed by atoms with van der Waals surface area (Å²) in [5.74, 6) is 0.959. The Morgan fingerprint density at radius 1 is 1.00 bits per heavy atom. The van der Waals surface area contributed by atoms with Crippen LogP contribution in [0.15, 0.2) is 54.6 Å². The Kier molecular flexibility index (Phi) is 3.81. The minimum Gasteiger partial charge on any atom is -0.291 e. The van der Waals surface area contributed by atoms with Gasteiger partial charge in [-0.2, -0.15) is 5.10 Å². The number of aromatic nitrogens is 3. The fourth-order valence-corrected chi connectivity index (χ4v) is 3.42. The number of rotatable bonds is 3. The number of benzene rings is 2. The number of hydrogen-bond donors (Lipinski definition) is 1. The van der Waals surface area contributed by atoms with Gasteiger partial charge in [0, 0.05) is 18.8 Å². The smallest absolute Gasteiger partial charge is 0.199 e. The summed E-state index contributed by atoms with van der Waals surface area (Å²) in [6.45, 7) is 2.80. The minimum absolute atomic E-state index is 0.642. The van der Waals surface area contributed by atoms with Gasteiger partial charge in [0.15, 0.2) is 4.77 Å². The summed E-state index contributed by atoms with van der Waals surface area (Å²) < 4.78 is 2.67. The molecule has 4 nitrogen and oxygen atoms in total. The monoisotopic (exact) mass is 322 g/mol. The lowest BCUT2D eigenvalue weighted by Gasteiger charge is -2.28. The van der Waals surface area contributed by atoms with Crippen molar-refractivity contribution in [1.29, 1.82) is 0 Å². The van der Waals surface area contributed by atoms with Gasteiger partial charge >= 0.3 is 0 Å². The first-order chi connectivity index (χ1) is 11.3. The van der Waals surface area contributed by atoms with Gasteiger partial charge < -0.3 is 0 Å². The molecule has 0 radical (unpaired) electrons. The maximum atomic E-state index is 5.41. The molecule has 0 unspecified atom stereocenters. The Morgan fingerprint density at radius 3 is 2.57 bits per heavy atom. The van der Waals surface area contributed by atoms with Crippen LogP contribution in [0.2, 0.25) is 0 Å².